The predicted molar refractivity (Wildman–Crippen MR) is 111 cm³/mol. The molecule has 178 valence electrons. The number of ether oxygens (including phenoxy) is 1. The average molecular weight is 476 g/mol. The summed E-state index contributed by atoms with van der Waals surface area (Å²) < 4.78 is 16.3. The number of rotatable bonds is 12. The maximum Gasteiger partial charge on any atom is 0.408 e. The van der Waals surface area contributed by atoms with Gasteiger partial charge in [-0.15, -0.1) is 0 Å². The maximum absolute atomic E-state index is 12.1. The van der Waals surface area contributed by atoms with Crippen LogP contribution in [0.15, 0.2) is 29.2 Å². The number of benzene rings is 1. The molecule has 0 radical (unpaired) electrons. The molecule has 0 spiro atoms. The van der Waals surface area contributed by atoms with Crippen molar-refractivity contribution in [2.45, 2.75) is 43.5 Å². The Bertz CT molecular complexity index is 775. The molecule has 0 aliphatic heterocycles. The van der Waals surface area contributed by atoms with Crippen LogP contribution in [0.5, 0.6) is 0 Å². The summed E-state index contributed by atoms with van der Waals surface area (Å²) >= 11 is 0.179. The minimum absolute atomic E-state index is 0.0983. The van der Waals surface area contributed by atoms with Crippen LogP contribution in [0.25, 0.3) is 0 Å². The van der Waals surface area contributed by atoms with Crippen molar-refractivity contribution in [1.82, 2.24) is 10.6 Å². The van der Waals surface area contributed by atoms with E-state index in [9.17, 15) is 27.9 Å². The molecule has 1 unspecified atom stereocenters. The van der Waals surface area contributed by atoms with Gasteiger partial charge in [0.2, 0.25) is 0 Å². The first-order valence-electron chi connectivity index (χ1n) is 9.37. The van der Waals surface area contributed by atoms with Crippen LogP contribution in [-0.2, 0) is 19.1 Å². The molecule has 1 aromatic rings. The van der Waals surface area contributed by atoms with Gasteiger partial charge in [-0.2, -0.15) is 3.89 Å². The Morgan fingerprint density at radius 1 is 1.06 bits per heavy atom. The van der Waals surface area contributed by atoms with E-state index in [0.29, 0.717) is 17.0 Å². The number of carbonyl (C=O) groups excluding carboxylic acids is 2. The number of hydrogen-bond acceptors (Lipinski definition) is 7. The zero-order valence-corrected chi connectivity index (χ0v) is 18.0. The molecule has 32 heavy (non-hydrogen) atoms. The summed E-state index contributed by atoms with van der Waals surface area (Å²) in [6.07, 6.45) is 0.0235. The van der Waals surface area contributed by atoms with Gasteiger partial charge < -0.3 is 30.7 Å². The molecule has 5 N–H and O–H groups in total. The van der Waals surface area contributed by atoms with E-state index in [2.05, 4.69) is 17.0 Å². The number of carboxylic acids is 3. The van der Waals surface area contributed by atoms with Gasteiger partial charge in [-0.1, -0.05) is 13.3 Å². The number of hydrogen-bond donors (Lipinski definition) is 5. The predicted octanol–water partition coefficient (Wildman–Crippen LogP) is 2.31. The summed E-state index contributed by atoms with van der Waals surface area (Å²) in [5.41, 5.74) is 0.573. The van der Waals surface area contributed by atoms with E-state index in [0.717, 1.165) is 12.8 Å². The standard InChI is InChI=1S/C11H14FNOS.C8H11NO8/c1-2-3-8-13-11(14)9-4-6-10(15-12)7-5-9;10-5(11)2-1-4(7(14)15)9-8(16)17-3-6(12)13/h4-7H,2-3,8H2,1H3,(H,13,14);4H,1-3H2,(H,9,16)(H,10,11)(H,12,13)(H,14,15). The zero-order valence-electron chi connectivity index (χ0n) is 17.2. The number of aliphatic carboxylic acids is 3. The fourth-order valence-electron chi connectivity index (χ4n) is 1.97. The largest absolute Gasteiger partial charge is 0.481 e. The van der Waals surface area contributed by atoms with E-state index in [-0.39, 0.29) is 24.5 Å². The number of carboxylic acid groups (broad SMARTS) is 3. The van der Waals surface area contributed by atoms with Crippen molar-refractivity contribution in [1.29, 1.82) is 0 Å². The molecule has 0 saturated heterocycles. The summed E-state index contributed by atoms with van der Waals surface area (Å²) in [6.45, 7) is 1.85. The summed E-state index contributed by atoms with van der Waals surface area (Å²) in [6, 6.07) is 5.01. The molecular formula is C19H25FN2O9S. The fraction of sp³-hybridized carbons (Fsp3) is 0.421. The fourth-order valence-corrected chi connectivity index (χ4v) is 2.21. The van der Waals surface area contributed by atoms with Gasteiger partial charge in [-0.3, -0.25) is 9.59 Å². The second kappa shape index (κ2) is 16.4. The molecule has 1 atom stereocenters. The van der Waals surface area contributed by atoms with Crippen LogP contribution in [0.4, 0.5) is 8.68 Å². The highest BCUT2D eigenvalue weighted by Gasteiger charge is 2.21. The topological polar surface area (TPSA) is 179 Å². The smallest absolute Gasteiger partial charge is 0.408 e. The number of unbranched alkanes of at least 4 members (excludes halogenated alkanes) is 1. The Morgan fingerprint density at radius 3 is 2.16 bits per heavy atom. The molecule has 0 bridgehead atoms. The number of halogens is 1. The molecule has 0 aliphatic carbocycles. The van der Waals surface area contributed by atoms with Gasteiger partial charge >= 0.3 is 24.0 Å². The molecule has 0 saturated carbocycles. The van der Waals surface area contributed by atoms with Gasteiger partial charge in [0.25, 0.3) is 5.91 Å². The molecular weight excluding hydrogens is 451 g/mol. The van der Waals surface area contributed by atoms with Crippen LogP contribution in [0, 0.1) is 0 Å². The lowest BCUT2D eigenvalue weighted by molar-refractivity contribution is -0.140. The lowest BCUT2D eigenvalue weighted by Crippen LogP contribution is -2.41. The van der Waals surface area contributed by atoms with Gasteiger partial charge in [0.15, 0.2) is 6.61 Å². The normalized spacial score (nSPS) is 10.7. The van der Waals surface area contributed by atoms with Crippen molar-refractivity contribution in [2.24, 2.45) is 0 Å². The van der Waals surface area contributed by atoms with Crippen molar-refractivity contribution in [3.8, 4) is 0 Å². The maximum atomic E-state index is 12.1. The molecule has 0 aromatic heterocycles. The Labute approximate surface area is 187 Å². The van der Waals surface area contributed by atoms with Gasteiger partial charge in [0.05, 0.1) is 12.1 Å². The van der Waals surface area contributed by atoms with Crippen molar-refractivity contribution in [3.05, 3.63) is 29.8 Å². The average Bonchev–Trinajstić information content (AvgIpc) is 2.75. The highest BCUT2D eigenvalue weighted by atomic mass is 32.2. The third-order valence-electron chi connectivity index (χ3n) is 3.59. The highest BCUT2D eigenvalue weighted by Crippen LogP contribution is 2.18. The van der Waals surface area contributed by atoms with E-state index in [1.807, 2.05) is 5.32 Å². The summed E-state index contributed by atoms with van der Waals surface area (Å²) in [5.74, 6) is -4.13. The van der Waals surface area contributed by atoms with Crippen molar-refractivity contribution >= 4 is 42.1 Å². The number of nitrogens with one attached hydrogen (secondary N) is 2. The van der Waals surface area contributed by atoms with Crippen molar-refractivity contribution in [3.63, 3.8) is 0 Å². The summed E-state index contributed by atoms with van der Waals surface area (Å²) in [7, 11) is 0. The van der Waals surface area contributed by atoms with Crippen molar-refractivity contribution < 1.29 is 47.9 Å². The molecule has 0 aliphatic rings. The highest BCUT2D eigenvalue weighted by molar-refractivity contribution is 7.94. The van der Waals surface area contributed by atoms with Gasteiger partial charge in [-0.25, -0.2) is 14.4 Å². The van der Waals surface area contributed by atoms with E-state index < -0.39 is 43.1 Å². The SMILES string of the molecule is CCCCNC(=O)c1ccc(SF)cc1.O=C(O)CCC(NC(=O)OCC(=O)O)C(=O)O. The first-order chi connectivity index (χ1) is 15.1. The van der Waals surface area contributed by atoms with Gasteiger partial charge in [0.1, 0.15) is 6.04 Å². The third kappa shape index (κ3) is 13.8. The minimum atomic E-state index is -1.44. The molecule has 0 heterocycles. The second-order valence-electron chi connectivity index (χ2n) is 6.15. The lowest BCUT2D eigenvalue weighted by atomic mass is 10.1. The van der Waals surface area contributed by atoms with Crippen LogP contribution in [0.3, 0.4) is 0 Å². The number of alkyl carbamates (subject to hydrolysis) is 1. The first kappa shape index (κ1) is 28.6. The van der Waals surface area contributed by atoms with Gasteiger partial charge in [0, 0.05) is 23.4 Å². The minimum Gasteiger partial charge on any atom is -0.481 e. The zero-order chi connectivity index (χ0) is 24.5. The molecule has 2 amide bonds. The Morgan fingerprint density at radius 2 is 1.69 bits per heavy atom. The van der Waals surface area contributed by atoms with Crippen LogP contribution >= 0.6 is 12.1 Å². The molecule has 13 heteroatoms. The van der Waals surface area contributed by atoms with E-state index >= 15 is 0 Å². The Hall–Kier alpha value is -3.35. The van der Waals surface area contributed by atoms with Crippen LogP contribution < -0.4 is 10.6 Å². The van der Waals surface area contributed by atoms with Gasteiger partial charge in [-0.05, 0) is 37.1 Å². The van der Waals surface area contributed by atoms with E-state index in [1.54, 1.807) is 24.3 Å². The van der Waals surface area contributed by atoms with Crippen LogP contribution in [-0.4, -0.2) is 64.4 Å². The van der Waals surface area contributed by atoms with E-state index in [4.69, 9.17) is 15.3 Å². The molecule has 11 nitrogen and oxygen atoms in total. The van der Waals surface area contributed by atoms with Crippen LogP contribution in [0.2, 0.25) is 0 Å². The summed E-state index contributed by atoms with van der Waals surface area (Å²) in [5, 5.41) is 29.8. The third-order valence-corrected chi connectivity index (χ3v) is 4.04. The lowest BCUT2D eigenvalue weighted by Gasteiger charge is -2.12. The Balaban J connectivity index is 0.000000604. The molecule has 1 aromatic carbocycles. The van der Waals surface area contributed by atoms with Crippen molar-refractivity contribution in [2.75, 3.05) is 13.2 Å². The molecule has 1 rings (SSSR count). The monoisotopic (exact) mass is 476 g/mol. The first-order valence-corrected chi connectivity index (χ1v) is 10.1. The number of carbonyl (C=O) groups is 5. The molecule has 0 fully saturated rings. The van der Waals surface area contributed by atoms with E-state index in [1.165, 1.54) is 0 Å². The van der Waals surface area contributed by atoms with Crippen LogP contribution in [0.1, 0.15) is 43.0 Å². The Kier molecular flexibility index (Phi) is 14.6. The quantitative estimate of drug-likeness (QED) is 0.281. The number of amides is 2. The second-order valence-corrected chi connectivity index (χ2v) is 6.77. The summed E-state index contributed by atoms with van der Waals surface area (Å²) in [4.78, 5) is 53.8.